The van der Waals surface area contributed by atoms with Crippen molar-refractivity contribution in [3.63, 3.8) is 0 Å². The number of rotatable bonds is 8. The Morgan fingerprint density at radius 2 is 1.79 bits per heavy atom. The number of nitrogens with zero attached hydrogens (tertiary/aromatic N) is 1. The van der Waals surface area contributed by atoms with E-state index in [4.69, 9.17) is 10.2 Å². The molecule has 1 rings (SSSR count). The molecule has 0 amide bonds. The molecule has 0 aromatic carbocycles. The van der Waals surface area contributed by atoms with Crippen LogP contribution in [0.25, 0.3) is 0 Å². The fraction of sp³-hybridized carbons (Fsp3) is 1.00. The summed E-state index contributed by atoms with van der Waals surface area (Å²) < 4.78 is 0. The van der Waals surface area contributed by atoms with E-state index in [0.29, 0.717) is 25.0 Å². The van der Waals surface area contributed by atoms with Crippen molar-refractivity contribution in [3.05, 3.63) is 0 Å². The van der Waals surface area contributed by atoms with Crippen molar-refractivity contribution >= 4 is 0 Å². The molecule has 0 heterocycles. The third-order valence-corrected chi connectivity index (χ3v) is 4.66. The third-order valence-electron chi connectivity index (χ3n) is 4.66. The van der Waals surface area contributed by atoms with Crippen molar-refractivity contribution < 1.29 is 10.2 Å². The molecular weight excluding hydrogens is 240 g/mol. The highest BCUT2D eigenvalue weighted by atomic mass is 16.3. The average Bonchev–Trinajstić information content (AvgIpc) is 2.39. The van der Waals surface area contributed by atoms with Crippen LogP contribution >= 0.6 is 0 Å². The van der Waals surface area contributed by atoms with E-state index in [1.165, 1.54) is 19.3 Å². The lowest BCUT2D eigenvalue weighted by Crippen LogP contribution is -2.46. The lowest BCUT2D eigenvalue weighted by molar-refractivity contribution is 0.0985. The molecule has 0 saturated heterocycles. The van der Waals surface area contributed by atoms with Crippen LogP contribution < -0.4 is 5.32 Å². The Kier molecular flexibility index (Phi) is 7.91. The first-order valence-corrected chi connectivity index (χ1v) is 7.73. The summed E-state index contributed by atoms with van der Waals surface area (Å²) in [7, 11) is 2.05. The molecule has 114 valence electrons. The van der Waals surface area contributed by atoms with Crippen LogP contribution in [0.15, 0.2) is 0 Å². The number of nitrogens with one attached hydrogen (secondary N) is 1. The number of hydrogen-bond acceptors (Lipinski definition) is 4. The summed E-state index contributed by atoms with van der Waals surface area (Å²) in [6.07, 6.45) is 3.83. The summed E-state index contributed by atoms with van der Waals surface area (Å²) in [5, 5.41) is 21.7. The van der Waals surface area contributed by atoms with Gasteiger partial charge in [0.05, 0.1) is 13.2 Å². The van der Waals surface area contributed by atoms with E-state index in [1.54, 1.807) is 0 Å². The zero-order chi connectivity index (χ0) is 14.3. The minimum atomic E-state index is 0.171. The van der Waals surface area contributed by atoms with Gasteiger partial charge in [-0.05, 0) is 44.1 Å². The maximum absolute atomic E-state index is 9.12. The molecule has 3 N–H and O–H groups in total. The summed E-state index contributed by atoms with van der Waals surface area (Å²) in [5.41, 5.74) is 0. The molecule has 1 fully saturated rings. The molecule has 1 saturated carbocycles. The lowest BCUT2D eigenvalue weighted by atomic mass is 9.73. The smallest absolute Gasteiger partial charge is 0.0558 e. The molecule has 0 aliphatic heterocycles. The SMILES string of the molecule is CNC1CCC(C(C)C)CC1CN(CCO)CCO. The summed E-state index contributed by atoms with van der Waals surface area (Å²) in [6.45, 7) is 7.30. The van der Waals surface area contributed by atoms with Crippen LogP contribution in [0.2, 0.25) is 0 Å². The van der Waals surface area contributed by atoms with Gasteiger partial charge in [0.1, 0.15) is 0 Å². The van der Waals surface area contributed by atoms with E-state index in [1.807, 2.05) is 0 Å². The van der Waals surface area contributed by atoms with Gasteiger partial charge in [0, 0.05) is 25.7 Å². The number of aliphatic hydroxyl groups excluding tert-OH is 2. The standard InChI is InChI=1S/C15H32N2O2/c1-12(2)13-4-5-15(16-3)14(10-13)11-17(6-8-18)7-9-19/h12-16,18-19H,4-11H2,1-3H3. The Bertz CT molecular complexity index is 230. The highest BCUT2D eigenvalue weighted by Crippen LogP contribution is 2.34. The van der Waals surface area contributed by atoms with Crippen molar-refractivity contribution in [2.75, 3.05) is 39.9 Å². The van der Waals surface area contributed by atoms with Crippen molar-refractivity contribution in [3.8, 4) is 0 Å². The molecule has 0 aromatic rings. The van der Waals surface area contributed by atoms with Crippen molar-refractivity contribution in [2.45, 2.75) is 39.2 Å². The molecule has 0 aromatic heterocycles. The Balaban J connectivity index is 2.58. The fourth-order valence-corrected chi connectivity index (χ4v) is 3.40. The summed E-state index contributed by atoms with van der Waals surface area (Å²) in [6, 6.07) is 0.579. The van der Waals surface area contributed by atoms with Crippen LogP contribution in [0.4, 0.5) is 0 Å². The number of hydrogen-bond donors (Lipinski definition) is 3. The number of aliphatic hydroxyl groups is 2. The Labute approximate surface area is 118 Å². The molecule has 19 heavy (non-hydrogen) atoms. The maximum atomic E-state index is 9.12. The summed E-state index contributed by atoms with van der Waals surface area (Å²) >= 11 is 0. The monoisotopic (exact) mass is 272 g/mol. The predicted molar refractivity (Wildman–Crippen MR) is 79.1 cm³/mol. The minimum absolute atomic E-state index is 0.171. The molecule has 1 aliphatic rings. The molecule has 4 nitrogen and oxygen atoms in total. The van der Waals surface area contributed by atoms with Crippen LogP contribution in [-0.4, -0.2) is 61.1 Å². The zero-order valence-electron chi connectivity index (χ0n) is 12.8. The minimum Gasteiger partial charge on any atom is -0.395 e. The van der Waals surface area contributed by atoms with E-state index in [0.717, 1.165) is 18.4 Å². The van der Waals surface area contributed by atoms with Crippen molar-refractivity contribution in [2.24, 2.45) is 17.8 Å². The predicted octanol–water partition coefficient (Wildman–Crippen LogP) is 0.933. The van der Waals surface area contributed by atoms with Gasteiger partial charge in [0.15, 0.2) is 0 Å². The third kappa shape index (κ3) is 5.38. The second-order valence-electron chi connectivity index (χ2n) is 6.22. The van der Waals surface area contributed by atoms with E-state index in [2.05, 4.69) is 31.1 Å². The van der Waals surface area contributed by atoms with Gasteiger partial charge in [-0.1, -0.05) is 13.8 Å². The normalized spacial score (nSPS) is 28.3. The van der Waals surface area contributed by atoms with Crippen molar-refractivity contribution in [1.29, 1.82) is 0 Å². The Hall–Kier alpha value is -0.160. The van der Waals surface area contributed by atoms with Gasteiger partial charge in [0.2, 0.25) is 0 Å². The lowest BCUT2D eigenvalue weighted by Gasteiger charge is -2.40. The zero-order valence-corrected chi connectivity index (χ0v) is 12.8. The molecule has 1 aliphatic carbocycles. The molecule has 3 unspecified atom stereocenters. The molecule has 0 spiro atoms. The van der Waals surface area contributed by atoms with E-state index in [9.17, 15) is 0 Å². The second-order valence-corrected chi connectivity index (χ2v) is 6.22. The summed E-state index contributed by atoms with van der Waals surface area (Å²) in [4.78, 5) is 2.19. The van der Waals surface area contributed by atoms with Gasteiger partial charge in [-0.15, -0.1) is 0 Å². The van der Waals surface area contributed by atoms with Gasteiger partial charge in [-0.25, -0.2) is 0 Å². The van der Waals surface area contributed by atoms with Crippen LogP contribution in [0.1, 0.15) is 33.1 Å². The van der Waals surface area contributed by atoms with Gasteiger partial charge in [-0.2, -0.15) is 0 Å². The summed E-state index contributed by atoms with van der Waals surface area (Å²) in [5.74, 6) is 2.20. The molecule has 0 bridgehead atoms. The molecule has 4 heteroatoms. The fourth-order valence-electron chi connectivity index (χ4n) is 3.40. The average molecular weight is 272 g/mol. The Morgan fingerprint density at radius 1 is 1.16 bits per heavy atom. The highest BCUT2D eigenvalue weighted by Gasteiger charge is 2.31. The van der Waals surface area contributed by atoms with Gasteiger partial charge in [-0.3, -0.25) is 4.90 Å². The van der Waals surface area contributed by atoms with Crippen LogP contribution in [0, 0.1) is 17.8 Å². The first kappa shape index (κ1) is 16.9. The van der Waals surface area contributed by atoms with Crippen LogP contribution in [0.3, 0.4) is 0 Å². The largest absolute Gasteiger partial charge is 0.395 e. The van der Waals surface area contributed by atoms with Gasteiger partial charge < -0.3 is 15.5 Å². The first-order chi connectivity index (χ1) is 9.12. The Morgan fingerprint density at radius 3 is 2.26 bits per heavy atom. The quantitative estimate of drug-likeness (QED) is 0.615. The first-order valence-electron chi connectivity index (χ1n) is 7.73. The van der Waals surface area contributed by atoms with Crippen LogP contribution in [-0.2, 0) is 0 Å². The highest BCUT2D eigenvalue weighted by molar-refractivity contribution is 4.87. The molecule has 3 atom stereocenters. The van der Waals surface area contributed by atoms with Crippen molar-refractivity contribution in [1.82, 2.24) is 10.2 Å². The molecular formula is C15H32N2O2. The second kappa shape index (κ2) is 8.90. The van der Waals surface area contributed by atoms with E-state index < -0.39 is 0 Å². The topological polar surface area (TPSA) is 55.7 Å². The van der Waals surface area contributed by atoms with Crippen LogP contribution in [0.5, 0.6) is 0 Å². The molecule has 0 radical (unpaired) electrons. The van der Waals surface area contributed by atoms with Gasteiger partial charge >= 0.3 is 0 Å². The van der Waals surface area contributed by atoms with Gasteiger partial charge in [0.25, 0.3) is 0 Å². The van der Waals surface area contributed by atoms with E-state index in [-0.39, 0.29) is 13.2 Å². The maximum Gasteiger partial charge on any atom is 0.0558 e. The van der Waals surface area contributed by atoms with E-state index >= 15 is 0 Å².